The van der Waals surface area contributed by atoms with Crippen molar-refractivity contribution in [3.05, 3.63) is 53.6 Å². The van der Waals surface area contributed by atoms with Crippen molar-refractivity contribution in [1.82, 2.24) is 5.32 Å². The molecular weight excluding hydrogens is 411 g/mol. The molecule has 0 saturated heterocycles. The minimum absolute atomic E-state index is 0.110. The summed E-state index contributed by atoms with van der Waals surface area (Å²) in [6.07, 6.45) is -4.34. The smallest absolute Gasteiger partial charge is 0.411 e. The molecule has 31 heavy (non-hydrogen) atoms. The highest BCUT2D eigenvalue weighted by atomic mass is 19.4. The number of aliphatic imine (C=N–C) groups is 1. The summed E-state index contributed by atoms with van der Waals surface area (Å²) < 4.78 is 52.3. The summed E-state index contributed by atoms with van der Waals surface area (Å²) in [7, 11) is 1.58. The summed E-state index contributed by atoms with van der Waals surface area (Å²) in [6, 6.07) is 12.6. The average Bonchev–Trinajstić information content (AvgIpc) is 2.73. The standard InChI is InChI=1S/C22H28F3N3O3/c1-4-26-21(28-18-9-10-19(31-5-2)20(12-18)29-3)27-13-16-7-6-8-17(11-16)14-30-15-22(23,24)25/h6-12H,4-5,13-15H2,1-3H3,(H2,26,27,28). The first kappa shape index (κ1) is 24.3. The van der Waals surface area contributed by atoms with Crippen LogP contribution in [0.25, 0.3) is 0 Å². The second-order valence-electron chi connectivity index (χ2n) is 6.55. The van der Waals surface area contributed by atoms with E-state index in [0.717, 1.165) is 11.3 Å². The summed E-state index contributed by atoms with van der Waals surface area (Å²) in [4.78, 5) is 4.56. The van der Waals surface area contributed by atoms with Crippen LogP contribution in [0.1, 0.15) is 25.0 Å². The molecule has 9 heteroatoms. The zero-order valence-electron chi connectivity index (χ0n) is 17.9. The van der Waals surface area contributed by atoms with E-state index in [4.69, 9.17) is 14.2 Å². The third kappa shape index (κ3) is 8.75. The Hall–Kier alpha value is -2.94. The summed E-state index contributed by atoms with van der Waals surface area (Å²) in [6.45, 7) is 4.01. The monoisotopic (exact) mass is 439 g/mol. The van der Waals surface area contributed by atoms with Crippen LogP contribution in [-0.4, -0.2) is 39.0 Å². The molecule has 0 aliphatic rings. The molecule has 0 bridgehead atoms. The van der Waals surface area contributed by atoms with E-state index in [2.05, 4.69) is 15.6 Å². The maximum atomic E-state index is 12.2. The van der Waals surface area contributed by atoms with Crippen molar-refractivity contribution in [2.75, 3.05) is 32.2 Å². The van der Waals surface area contributed by atoms with E-state index in [0.29, 0.717) is 42.7 Å². The Morgan fingerprint density at radius 2 is 1.81 bits per heavy atom. The minimum Gasteiger partial charge on any atom is -0.493 e. The Morgan fingerprint density at radius 1 is 1.03 bits per heavy atom. The predicted molar refractivity (Wildman–Crippen MR) is 115 cm³/mol. The van der Waals surface area contributed by atoms with Crippen LogP contribution in [0.2, 0.25) is 0 Å². The van der Waals surface area contributed by atoms with Crippen LogP contribution in [-0.2, 0) is 17.9 Å². The van der Waals surface area contributed by atoms with Crippen LogP contribution in [0.4, 0.5) is 18.9 Å². The molecule has 2 aromatic carbocycles. The van der Waals surface area contributed by atoms with Crippen LogP contribution in [0.15, 0.2) is 47.5 Å². The molecule has 2 rings (SSSR count). The number of alkyl halides is 3. The zero-order valence-corrected chi connectivity index (χ0v) is 17.9. The molecule has 2 aromatic rings. The van der Waals surface area contributed by atoms with Crippen molar-refractivity contribution >= 4 is 11.6 Å². The summed E-state index contributed by atoms with van der Waals surface area (Å²) in [5.41, 5.74) is 2.29. The number of ether oxygens (including phenoxy) is 3. The Morgan fingerprint density at radius 3 is 2.48 bits per heavy atom. The molecule has 0 unspecified atom stereocenters. The minimum atomic E-state index is -4.34. The molecule has 0 saturated carbocycles. The van der Waals surface area contributed by atoms with Gasteiger partial charge in [0.05, 0.1) is 26.9 Å². The lowest BCUT2D eigenvalue weighted by atomic mass is 10.1. The van der Waals surface area contributed by atoms with E-state index < -0.39 is 12.8 Å². The maximum Gasteiger partial charge on any atom is 0.411 e. The van der Waals surface area contributed by atoms with E-state index in [1.165, 1.54) is 0 Å². The van der Waals surface area contributed by atoms with Gasteiger partial charge in [0.25, 0.3) is 0 Å². The van der Waals surface area contributed by atoms with E-state index in [-0.39, 0.29) is 6.61 Å². The number of benzene rings is 2. The predicted octanol–water partition coefficient (Wildman–Crippen LogP) is 4.75. The Labute approximate surface area is 180 Å². The van der Waals surface area contributed by atoms with Gasteiger partial charge < -0.3 is 24.8 Å². The molecule has 0 aromatic heterocycles. The fourth-order valence-corrected chi connectivity index (χ4v) is 2.74. The SMILES string of the molecule is CCNC(=NCc1cccc(COCC(F)(F)F)c1)Nc1ccc(OCC)c(OC)c1. The number of methoxy groups -OCH3 is 1. The quantitative estimate of drug-likeness (QED) is 0.413. The Bertz CT molecular complexity index is 857. The number of anilines is 1. The Balaban J connectivity index is 2.05. The highest BCUT2D eigenvalue weighted by Crippen LogP contribution is 2.30. The highest BCUT2D eigenvalue weighted by Gasteiger charge is 2.27. The average molecular weight is 439 g/mol. The normalized spacial score (nSPS) is 11.9. The molecule has 0 amide bonds. The van der Waals surface area contributed by atoms with Gasteiger partial charge in [-0.05, 0) is 37.1 Å². The van der Waals surface area contributed by atoms with Gasteiger partial charge in [0, 0.05) is 18.3 Å². The molecule has 0 fully saturated rings. The first-order valence-corrected chi connectivity index (χ1v) is 9.93. The zero-order chi connectivity index (χ0) is 22.7. The first-order chi connectivity index (χ1) is 14.8. The second-order valence-corrected chi connectivity index (χ2v) is 6.55. The number of hydrogen-bond acceptors (Lipinski definition) is 4. The van der Waals surface area contributed by atoms with Crippen molar-refractivity contribution in [2.45, 2.75) is 33.2 Å². The van der Waals surface area contributed by atoms with E-state index >= 15 is 0 Å². The van der Waals surface area contributed by atoms with Gasteiger partial charge in [0.1, 0.15) is 6.61 Å². The first-order valence-electron chi connectivity index (χ1n) is 9.93. The van der Waals surface area contributed by atoms with Gasteiger partial charge in [-0.3, -0.25) is 0 Å². The number of halogens is 3. The fourth-order valence-electron chi connectivity index (χ4n) is 2.74. The van der Waals surface area contributed by atoms with Gasteiger partial charge in [-0.1, -0.05) is 24.3 Å². The third-order valence-electron chi connectivity index (χ3n) is 4.02. The van der Waals surface area contributed by atoms with Crippen LogP contribution < -0.4 is 20.1 Å². The van der Waals surface area contributed by atoms with Crippen LogP contribution in [0, 0.1) is 0 Å². The van der Waals surface area contributed by atoms with E-state index in [1.54, 1.807) is 25.3 Å². The topological polar surface area (TPSA) is 64.1 Å². The molecule has 0 heterocycles. The van der Waals surface area contributed by atoms with Gasteiger partial charge in [0.15, 0.2) is 17.5 Å². The Kier molecular flexibility index (Phi) is 9.45. The molecule has 170 valence electrons. The highest BCUT2D eigenvalue weighted by molar-refractivity contribution is 5.93. The lowest BCUT2D eigenvalue weighted by Gasteiger charge is -2.14. The molecule has 0 atom stereocenters. The van der Waals surface area contributed by atoms with Gasteiger partial charge in [0.2, 0.25) is 0 Å². The fraction of sp³-hybridized carbons (Fsp3) is 0.409. The van der Waals surface area contributed by atoms with Gasteiger partial charge >= 0.3 is 6.18 Å². The molecule has 0 aliphatic carbocycles. The molecule has 0 radical (unpaired) electrons. The number of nitrogens with one attached hydrogen (secondary N) is 2. The van der Waals surface area contributed by atoms with Crippen molar-refractivity contribution in [3.8, 4) is 11.5 Å². The lowest BCUT2D eigenvalue weighted by molar-refractivity contribution is -0.176. The lowest BCUT2D eigenvalue weighted by Crippen LogP contribution is -2.30. The molecule has 0 spiro atoms. The van der Waals surface area contributed by atoms with Crippen LogP contribution in [0.5, 0.6) is 11.5 Å². The summed E-state index contributed by atoms with van der Waals surface area (Å²) in [5.74, 6) is 1.82. The number of hydrogen-bond donors (Lipinski definition) is 2. The summed E-state index contributed by atoms with van der Waals surface area (Å²) in [5, 5.41) is 6.37. The molecular formula is C22H28F3N3O3. The van der Waals surface area contributed by atoms with Gasteiger partial charge in [-0.25, -0.2) is 4.99 Å². The van der Waals surface area contributed by atoms with Crippen molar-refractivity contribution < 1.29 is 27.4 Å². The van der Waals surface area contributed by atoms with E-state index in [9.17, 15) is 13.2 Å². The number of nitrogens with zero attached hydrogens (tertiary/aromatic N) is 1. The molecule has 0 aliphatic heterocycles. The maximum absolute atomic E-state index is 12.2. The molecule has 2 N–H and O–H groups in total. The van der Waals surface area contributed by atoms with Gasteiger partial charge in [-0.2, -0.15) is 13.2 Å². The van der Waals surface area contributed by atoms with Crippen molar-refractivity contribution in [1.29, 1.82) is 0 Å². The second kappa shape index (κ2) is 12.0. The van der Waals surface area contributed by atoms with Crippen molar-refractivity contribution in [3.63, 3.8) is 0 Å². The number of rotatable bonds is 10. The van der Waals surface area contributed by atoms with E-state index in [1.807, 2.05) is 38.1 Å². The van der Waals surface area contributed by atoms with Crippen molar-refractivity contribution in [2.24, 2.45) is 4.99 Å². The van der Waals surface area contributed by atoms with Crippen LogP contribution >= 0.6 is 0 Å². The van der Waals surface area contributed by atoms with Crippen LogP contribution in [0.3, 0.4) is 0 Å². The summed E-state index contributed by atoms with van der Waals surface area (Å²) >= 11 is 0. The van der Waals surface area contributed by atoms with Gasteiger partial charge in [-0.15, -0.1) is 0 Å². The largest absolute Gasteiger partial charge is 0.493 e. The number of guanidine groups is 1. The third-order valence-corrected chi connectivity index (χ3v) is 4.02. The molecule has 6 nitrogen and oxygen atoms in total.